The summed E-state index contributed by atoms with van der Waals surface area (Å²) in [7, 11) is -4.19. The summed E-state index contributed by atoms with van der Waals surface area (Å²) in [4.78, 5) is 27.5. The Morgan fingerprint density at radius 2 is 1.61 bits per heavy atom. The molecule has 0 amide bonds. The maximum atomic E-state index is 14.4. The van der Waals surface area contributed by atoms with Gasteiger partial charge in [0.2, 0.25) is 0 Å². The molecule has 2 saturated carbocycles. The number of carbonyl (C=O) groups is 2. The van der Waals surface area contributed by atoms with E-state index in [-0.39, 0.29) is 40.6 Å². The van der Waals surface area contributed by atoms with E-state index < -0.39 is 22.2 Å². The molecular weight excluding hydrogens is 509 g/mol. The van der Waals surface area contributed by atoms with Gasteiger partial charge in [-0.15, -0.1) is 0 Å². The first-order valence-corrected chi connectivity index (χ1v) is 21.0. The first kappa shape index (κ1) is 31.4. The lowest BCUT2D eigenvalue weighted by Crippen LogP contribution is -2.56. The largest absolute Gasteiger partial charge is 0.413 e. The summed E-state index contributed by atoms with van der Waals surface area (Å²) in [6.07, 6.45) is 4.11. The lowest BCUT2D eigenvalue weighted by atomic mass is 9.77. The van der Waals surface area contributed by atoms with E-state index in [2.05, 4.69) is 72.6 Å². The molecule has 2 aliphatic rings. The Balaban J connectivity index is 1.98. The van der Waals surface area contributed by atoms with Gasteiger partial charge in [0.1, 0.15) is 11.6 Å². The number of hydrogen-bond donors (Lipinski definition) is 0. The van der Waals surface area contributed by atoms with E-state index >= 15 is 0 Å². The zero-order valence-corrected chi connectivity index (χ0v) is 27.4. The number of carbonyl (C=O) groups excluding carboxylic acids is 2. The molecule has 0 radical (unpaired) electrons. The standard InChI is InChI=1S/C31H52O5Si2/c1-23-27(35-38(8,9)30(2,3)4)17-13-16-25(32)20-21-31(36-37(5,6)7)26(29(23)33)18-19-28(31)34-22-24-14-11-10-12-15-24/h10-12,14-15,23,26-28H,13,16-22H2,1-9H3/t23-,26-,27+,28-,31-/m1/s1. The van der Waals surface area contributed by atoms with Gasteiger partial charge in [-0.1, -0.05) is 58.0 Å². The molecule has 1 aromatic carbocycles. The zero-order valence-electron chi connectivity index (χ0n) is 25.4. The summed E-state index contributed by atoms with van der Waals surface area (Å²) in [6.45, 7) is 20.3. The minimum Gasteiger partial charge on any atom is -0.413 e. The fourth-order valence-electron chi connectivity index (χ4n) is 5.93. The molecule has 0 unspecified atom stereocenters. The molecule has 7 heteroatoms. The van der Waals surface area contributed by atoms with Crippen molar-refractivity contribution >= 4 is 28.2 Å². The van der Waals surface area contributed by atoms with Crippen molar-refractivity contribution in [2.75, 3.05) is 0 Å². The predicted octanol–water partition coefficient (Wildman–Crippen LogP) is 7.70. The summed E-state index contributed by atoms with van der Waals surface area (Å²) in [5.41, 5.74) is 0.334. The number of ketones is 2. The second-order valence-corrected chi connectivity index (χ2v) is 23.3. The quantitative estimate of drug-likeness (QED) is 0.320. The average molecular weight is 561 g/mol. The highest BCUT2D eigenvalue weighted by molar-refractivity contribution is 6.74. The van der Waals surface area contributed by atoms with Gasteiger partial charge in [-0.2, -0.15) is 0 Å². The molecule has 2 fully saturated rings. The highest BCUT2D eigenvalue weighted by Gasteiger charge is 2.57. The third-order valence-electron chi connectivity index (χ3n) is 8.98. The Bertz CT molecular complexity index is 949. The molecule has 0 heterocycles. The normalized spacial score (nSPS) is 30.1. The monoisotopic (exact) mass is 560 g/mol. The van der Waals surface area contributed by atoms with Crippen molar-refractivity contribution in [3.63, 3.8) is 0 Å². The lowest BCUT2D eigenvalue weighted by molar-refractivity contribution is -0.148. The minimum absolute atomic E-state index is 0.0478. The molecule has 5 nitrogen and oxygen atoms in total. The molecule has 0 bridgehead atoms. The topological polar surface area (TPSA) is 61.8 Å². The molecule has 0 saturated heterocycles. The number of hydrogen-bond acceptors (Lipinski definition) is 5. The van der Waals surface area contributed by atoms with E-state index in [1.807, 2.05) is 18.2 Å². The van der Waals surface area contributed by atoms with Gasteiger partial charge in [0, 0.05) is 24.7 Å². The van der Waals surface area contributed by atoms with E-state index in [0.29, 0.717) is 25.9 Å². The van der Waals surface area contributed by atoms with Gasteiger partial charge in [-0.25, -0.2) is 0 Å². The molecule has 2 aliphatic carbocycles. The smallest absolute Gasteiger partial charge is 0.192 e. The summed E-state index contributed by atoms with van der Waals surface area (Å²) < 4.78 is 20.5. The summed E-state index contributed by atoms with van der Waals surface area (Å²) in [5.74, 6) is -0.0579. The van der Waals surface area contributed by atoms with Crippen LogP contribution in [0.4, 0.5) is 0 Å². The Morgan fingerprint density at radius 3 is 2.21 bits per heavy atom. The molecule has 1 aromatic rings. The lowest BCUT2D eigenvalue weighted by Gasteiger charge is -2.45. The number of fused-ring (bicyclic) bond motifs is 1. The molecule has 38 heavy (non-hydrogen) atoms. The van der Waals surface area contributed by atoms with E-state index in [4.69, 9.17) is 13.6 Å². The van der Waals surface area contributed by atoms with Crippen molar-refractivity contribution < 1.29 is 23.2 Å². The molecule has 3 rings (SSSR count). The van der Waals surface area contributed by atoms with Crippen LogP contribution in [0.2, 0.25) is 37.8 Å². The van der Waals surface area contributed by atoms with E-state index in [1.165, 1.54) is 0 Å². The van der Waals surface area contributed by atoms with E-state index in [0.717, 1.165) is 31.2 Å². The van der Waals surface area contributed by atoms with Crippen molar-refractivity contribution in [2.45, 2.75) is 135 Å². The Hall–Kier alpha value is -1.13. The fraction of sp³-hybridized carbons (Fsp3) is 0.742. The first-order valence-electron chi connectivity index (χ1n) is 14.6. The van der Waals surface area contributed by atoms with Gasteiger partial charge in [0.15, 0.2) is 16.6 Å². The number of Topliss-reactive ketones (excluding diaryl/α,β-unsaturated/α-hetero) is 2. The Kier molecular flexibility index (Phi) is 10.1. The van der Waals surface area contributed by atoms with Crippen molar-refractivity contribution in [3.8, 4) is 0 Å². The van der Waals surface area contributed by atoms with Crippen molar-refractivity contribution in [2.24, 2.45) is 11.8 Å². The predicted molar refractivity (Wildman–Crippen MR) is 159 cm³/mol. The summed E-state index contributed by atoms with van der Waals surface area (Å²) in [5, 5.41) is 0.0478. The van der Waals surface area contributed by atoms with Crippen LogP contribution in [0, 0.1) is 11.8 Å². The van der Waals surface area contributed by atoms with Crippen molar-refractivity contribution in [1.29, 1.82) is 0 Å². The molecule has 214 valence electrons. The molecule has 5 atom stereocenters. The van der Waals surface area contributed by atoms with Crippen LogP contribution >= 0.6 is 0 Å². The van der Waals surface area contributed by atoms with E-state index in [1.54, 1.807) is 0 Å². The van der Waals surface area contributed by atoms with Crippen LogP contribution in [0.3, 0.4) is 0 Å². The van der Waals surface area contributed by atoms with Gasteiger partial charge in [0.25, 0.3) is 0 Å². The average Bonchev–Trinajstić information content (AvgIpc) is 3.15. The maximum Gasteiger partial charge on any atom is 0.192 e. The number of ether oxygens (including phenoxy) is 1. The van der Waals surface area contributed by atoms with Crippen LogP contribution in [0.5, 0.6) is 0 Å². The van der Waals surface area contributed by atoms with Gasteiger partial charge < -0.3 is 13.6 Å². The first-order chi connectivity index (χ1) is 17.6. The molecular formula is C31H52O5Si2. The molecule has 0 spiro atoms. The fourth-order valence-corrected chi connectivity index (χ4v) is 8.88. The Morgan fingerprint density at radius 1 is 0.947 bits per heavy atom. The number of benzene rings is 1. The van der Waals surface area contributed by atoms with Gasteiger partial charge >= 0.3 is 0 Å². The zero-order chi connectivity index (χ0) is 28.4. The summed E-state index contributed by atoms with van der Waals surface area (Å²) in [6, 6.07) is 10.2. The van der Waals surface area contributed by atoms with Gasteiger partial charge in [-0.05, 0) is 75.4 Å². The molecule has 0 aliphatic heterocycles. The summed E-state index contributed by atoms with van der Waals surface area (Å²) >= 11 is 0. The number of rotatable bonds is 7. The van der Waals surface area contributed by atoms with Crippen LogP contribution in [0.25, 0.3) is 0 Å². The van der Waals surface area contributed by atoms with Crippen LogP contribution < -0.4 is 0 Å². The van der Waals surface area contributed by atoms with Gasteiger partial charge in [0.05, 0.1) is 24.4 Å². The van der Waals surface area contributed by atoms with Crippen LogP contribution in [-0.4, -0.2) is 46.0 Å². The Labute approximate surface area is 233 Å². The maximum absolute atomic E-state index is 14.4. The van der Waals surface area contributed by atoms with Crippen molar-refractivity contribution in [3.05, 3.63) is 35.9 Å². The minimum atomic E-state index is -2.10. The van der Waals surface area contributed by atoms with Crippen LogP contribution in [0.1, 0.15) is 78.2 Å². The molecule has 0 N–H and O–H groups in total. The second-order valence-electron chi connectivity index (χ2n) is 14.1. The van der Waals surface area contributed by atoms with Gasteiger partial charge in [-0.3, -0.25) is 9.59 Å². The highest BCUT2D eigenvalue weighted by atomic mass is 28.4. The van der Waals surface area contributed by atoms with Crippen molar-refractivity contribution in [1.82, 2.24) is 0 Å². The molecule has 0 aromatic heterocycles. The second kappa shape index (κ2) is 12.2. The van der Waals surface area contributed by atoms with E-state index in [9.17, 15) is 9.59 Å². The van der Waals surface area contributed by atoms with Crippen LogP contribution in [0.15, 0.2) is 30.3 Å². The SMILES string of the molecule is C[C@H]1C(=O)[C@H]2CC[C@@H](OCc3ccccc3)[C@@]2(O[Si](C)(C)C)CCC(=O)CCC[C@@H]1O[Si](C)(C)C(C)(C)C. The third-order valence-corrected chi connectivity index (χ3v) is 14.5. The highest BCUT2D eigenvalue weighted by Crippen LogP contribution is 2.49. The van der Waals surface area contributed by atoms with Crippen LogP contribution in [-0.2, 0) is 29.8 Å². The third kappa shape index (κ3) is 7.54.